The third-order valence-corrected chi connectivity index (χ3v) is 5.72. The fraction of sp³-hybridized carbons (Fsp3) is 0.154. The van der Waals surface area contributed by atoms with Crippen LogP contribution in [-0.2, 0) is 4.79 Å². The van der Waals surface area contributed by atoms with E-state index in [0.29, 0.717) is 13.1 Å². The molecule has 164 valence electrons. The molecule has 0 saturated carbocycles. The average Bonchev–Trinajstić information content (AvgIpc) is 3.33. The molecule has 0 radical (unpaired) electrons. The van der Waals surface area contributed by atoms with Crippen LogP contribution in [0.5, 0.6) is 0 Å². The molecule has 33 heavy (non-hydrogen) atoms. The van der Waals surface area contributed by atoms with Crippen LogP contribution in [0.15, 0.2) is 91.7 Å². The second kappa shape index (κ2) is 9.48. The van der Waals surface area contributed by atoms with Crippen LogP contribution in [0.1, 0.15) is 5.56 Å². The second-order valence-corrected chi connectivity index (χ2v) is 7.81. The summed E-state index contributed by atoms with van der Waals surface area (Å²) in [4.78, 5) is 25.4. The zero-order valence-electron chi connectivity index (χ0n) is 18.2. The molecule has 1 amide bonds. The molecule has 4 aromatic rings. The van der Waals surface area contributed by atoms with Crippen molar-refractivity contribution in [2.75, 3.05) is 31.1 Å². The number of rotatable bonds is 5. The quantitative estimate of drug-likeness (QED) is 0.447. The van der Waals surface area contributed by atoms with E-state index in [1.807, 2.05) is 76.5 Å². The summed E-state index contributed by atoms with van der Waals surface area (Å²) in [7, 11) is 0. The Bertz CT molecular complexity index is 1230. The number of benzene rings is 1. The molecule has 0 aliphatic carbocycles. The number of piperazine rings is 1. The summed E-state index contributed by atoms with van der Waals surface area (Å²) in [6.45, 7) is 2.97. The first-order chi connectivity index (χ1) is 16.3. The molecule has 4 heterocycles. The second-order valence-electron chi connectivity index (χ2n) is 7.81. The number of hydrogen-bond donors (Lipinski definition) is 0. The molecule has 0 atom stereocenters. The minimum atomic E-state index is 0.00831. The van der Waals surface area contributed by atoms with Crippen LogP contribution in [0.3, 0.4) is 0 Å². The van der Waals surface area contributed by atoms with E-state index >= 15 is 0 Å². The Labute approximate surface area is 192 Å². The SMILES string of the molecule is O=C(C=Cc1cn(-c2ccccc2)nc1-c1cccnc1)N1CCN(c2ccncc2)CC1. The number of nitrogens with zero attached hydrogens (tertiary/aromatic N) is 6. The van der Waals surface area contributed by atoms with E-state index in [2.05, 4.69) is 14.9 Å². The predicted octanol–water partition coefficient (Wildman–Crippen LogP) is 3.69. The molecule has 0 bridgehead atoms. The molecule has 3 aromatic heterocycles. The molecule has 7 heteroatoms. The van der Waals surface area contributed by atoms with Gasteiger partial charge < -0.3 is 9.80 Å². The van der Waals surface area contributed by atoms with Crippen molar-refractivity contribution < 1.29 is 4.79 Å². The van der Waals surface area contributed by atoms with Gasteiger partial charge in [0.15, 0.2) is 0 Å². The number of para-hydroxylation sites is 1. The largest absolute Gasteiger partial charge is 0.368 e. The Morgan fingerprint density at radius 1 is 0.818 bits per heavy atom. The summed E-state index contributed by atoms with van der Waals surface area (Å²) in [6, 6.07) is 17.8. The highest BCUT2D eigenvalue weighted by atomic mass is 16.2. The lowest BCUT2D eigenvalue weighted by atomic mass is 10.1. The van der Waals surface area contributed by atoms with E-state index < -0.39 is 0 Å². The minimum Gasteiger partial charge on any atom is -0.368 e. The number of amides is 1. The maximum atomic E-state index is 12.9. The highest BCUT2D eigenvalue weighted by Crippen LogP contribution is 2.24. The third kappa shape index (κ3) is 4.67. The van der Waals surface area contributed by atoms with Crippen LogP contribution in [0.2, 0.25) is 0 Å². The Balaban J connectivity index is 1.33. The molecular formula is C26H24N6O. The molecule has 1 fully saturated rings. The number of carbonyl (C=O) groups is 1. The zero-order valence-corrected chi connectivity index (χ0v) is 18.2. The van der Waals surface area contributed by atoms with Crippen molar-refractivity contribution in [2.45, 2.75) is 0 Å². The van der Waals surface area contributed by atoms with E-state index in [1.54, 1.807) is 30.9 Å². The molecule has 1 saturated heterocycles. The first-order valence-corrected chi connectivity index (χ1v) is 11.0. The van der Waals surface area contributed by atoms with E-state index in [-0.39, 0.29) is 5.91 Å². The monoisotopic (exact) mass is 436 g/mol. The summed E-state index contributed by atoms with van der Waals surface area (Å²) in [5.41, 5.74) is 4.67. The van der Waals surface area contributed by atoms with Gasteiger partial charge in [-0.15, -0.1) is 0 Å². The van der Waals surface area contributed by atoms with Crippen LogP contribution >= 0.6 is 0 Å². The van der Waals surface area contributed by atoms with Gasteiger partial charge in [-0.2, -0.15) is 5.10 Å². The van der Waals surface area contributed by atoms with Gasteiger partial charge in [-0.05, 0) is 42.5 Å². The molecule has 0 spiro atoms. The highest BCUT2D eigenvalue weighted by molar-refractivity contribution is 5.93. The normalized spacial score (nSPS) is 14.1. The van der Waals surface area contributed by atoms with Gasteiger partial charge in [-0.25, -0.2) is 4.68 Å². The van der Waals surface area contributed by atoms with Gasteiger partial charge >= 0.3 is 0 Å². The van der Waals surface area contributed by atoms with Crippen molar-refractivity contribution in [1.82, 2.24) is 24.6 Å². The van der Waals surface area contributed by atoms with Crippen molar-refractivity contribution in [2.24, 2.45) is 0 Å². The predicted molar refractivity (Wildman–Crippen MR) is 129 cm³/mol. The van der Waals surface area contributed by atoms with Gasteiger partial charge in [-0.1, -0.05) is 18.2 Å². The highest BCUT2D eigenvalue weighted by Gasteiger charge is 2.20. The van der Waals surface area contributed by atoms with Gasteiger partial charge in [0.1, 0.15) is 5.69 Å². The van der Waals surface area contributed by atoms with Gasteiger partial charge in [0.2, 0.25) is 5.91 Å². The van der Waals surface area contributed by atoms with E-state index in [4.69, 9.17) is 5.10 Å². The Morgan fingerprint density at radius 2 is 1.61 bits per heavy atom. The van der Waals surface area contributed by atoms with Crippen LogP contribution < -0.4 is 4.90 Å². The van der Waals surface area contributed by atoms with Gasteiger partial charge in [0, 0.05) is 80.1 Å². The number of anilines is 1. The molecular weight excluding hydrogens is 412 g/mol. The van der Waals surface area contributed by atoms with Crippen LogP contribution in [-0.4, -0.2) is 56.7 Å². The van der Waals surface area contributed by atoms with Gasteiger partial charge in [-0.3, -0.25) is 14.8 Å². The fourth-order valence-corrected chi connectivity index (χ4v) is 3.96. The Morgan fingerprint density at radius 3 is 2.33 bits per heavy atom. The summed E-state index contributed by atoms with van der Waals surface area (Å²) in [6.07, 6.45) is 12.6. The number of aromatic nitrogens is 4. The topological polar surface area (TPSA) is 67.2 Å². The molecule has 1 aliphatic rings. The van der Waals surface area contributed by atoms with Crippen LogP contribution in [0.4, 0.5) is 5.69 Å². The molecule has 7 nitrogen and oxygen atoms in total. The first-order valence-electron chi connectivity index (χ1n) is 11.0. The smallest absolute Gasteiger partial charge is 0.246 e. The maximum absolute atomic E-state index is 12.9. The average molecular weight is 437 g/mol. The van der Waals surface area contributed by atoms with Crippen molar-refractivity contribution in [3.8, 4) is 16.9 Å². The fourth-order valence-electron chi connectivity index (χ4n) is 3.96. The van der Waals surface area contributed by atoms with Crippen molar-refractivity contribution in [3.05, 3.63) is 97.2 Å². The summed E-state index contributed by atoms with van der Waals surface area (Å²) < 4.78 is 1.83. The van der Waals surface area contributed by atoms with Crippen LogP contribution in [0, 0.1) is 0 Å². The summed E-state index contributed by atoms with van der Waals surface area (Å²) >= 11 is 0. The summed E-state index contributed by atoms with van der Waals surface area (Å²) in [5.74, 6) is 0.00831. The Hall–Kier alpha value is -4.26. The number of carbonyl (C=O) groups excluding carboxylic acids is 1. The Kier molecular flexibility index (Phi) is 5.93. The van der Waals surface area contributed by atoms with E-state index in [0.717, 1.165) is 41.3 Å². The van der Waals surface area contributed by atoms with Crippen LogP contribution in [0.25, 0.3) is 23.0 Å². The standard InChI is InChI=1S/C26H24N6O/c33-25(31-17-15-30(16-18-31)23-10-13-27-14-11-23)9-8-22-20-32(24-6-2-1-3-7-24)29-26(22)21-5-4-12-28-19-21/h1-14,19-20H,15-18H2. The van der Waals surface area contributed by atoms with E-state index in [1.165, 1.54) is 0 Å². The minimum absolute atomic E-state index is 0.00831. The maximum Gasteiger partial charge on any atom is 0.246 e. The lowest BCUT2D eigenvalue weighted by Gasteiger charge is -2.35. The van der Waals surface area contributed by atoms with Crippen molar-refractivity contribution in [1.29, 1.82) is 0 Å². The molecule has 0 N–H and O–H groups in total. The molecule has 0 unspecified atom stereocenters. The molecule has 5 rings (SSSR count). The lowest BCUT2D eigenvalue weighted by molar-refractivity contribution is -0.126. The molecule has 1 aromatic carbocycles. The first kappa shape index (κ1) is 20.6. The van der Waals surface area contributed by atoms with Crippen molar-refractivity contribution in [3.63, 3.8) is 0 Å². The lowest BCUT2D eigenvalue weighted by Crippen LogP contribution is -2.48. The van der Waals surface area contributed by atoms with E-state index in [9.17, 15) is 4.79 Å². The number of hydrogen-bond acceptors (Lipinski definition) is 5. The van der Waals surface area contributed by atoms with Gasteiger partial charge in [0.25, 0.3) is 0 Å². The number of pyridine rings is 2. The van der Waals surface area contributed by atoms with Gasteiger partial charge in [0.05, 0.1) is 5.69 Å². The summed E-state index contributed by atoms with van der Waals surface area (Å²) in [5, 5.41) is 4.77. The third-order valence-electron chi connectivity index (χ3n) is 5.72. The zero-order chi connectivity index (χ0) is 22.5. The molecule has 1 aliphatic heterocycles. The van der Waals surface area contributed by atoms with Crippen molar-refractivity contribution >= 4 is 17.7 Å².